The molecule has 1 saturated carbocycles. The summed E-state index contributed by atoms with van der Waals surface area (Å²) in [6.07, 6.45) is 6.62. The minimum Gasteiger partial charge on any atom is -0.487 e. The van der Waals surface area contributed by atoms with Crippen molar-refractivity contribution in [1.82, 2.24) is 0 Å². The lowest BCUT2D eigenvalue weighted by Crippen LogP contribution is -2.24. The van der Waals surface area contributed by atoms with Crippen molar-refractivity contribution in [2.45, 2.75) is 51.6 Å². The molecular formula is C16H24FNO. The van der Waals surface area contributed by atoms with E-state index in [1.165, 1.54) is 19.3 Å². The van der Waals surface area contributed by atoms with Crippen molar-refractivity contribution in [3.63, 3.8) is 0 Å². The predicted octanol–water partition coefficient (Wildman–Crippen LogP) is 3.67. The molecule has 0 unspecified atom stereocenters. The van der Waals surface area contributed by atoms with Gasteiger partial charge in [0.1, 0.15) is 0 Å². The smallest absolute Gasteiger partial charge is 0.165 e. The van der Waals surface area contributed by atoms with Crippen LogP contribution in [0.4, 0.5) is 4.39 Å². The third kappa shape index (κ3) is 3.93. The van der Waals surface area contributed by atoms with Gasteiger partial charge >= 0.3 is 0 Å². The lowest BCUT2D eigenvalue weighted by atomic mass is 9.86. The van der Waals surface area contributed by atoms with Crippen molar-refractivity contribution < 1.29 is 9.13 Å². The van der Waals surface area contributed by atoms with Crippen molar-refractivity contribution in [1.29, 1.82) is 0 Å². The third-order valence-corrected chi connectivity index (χ3v) is 4.09. The SMILES string of the molecule is CCC1CCC(Oc2ccc(CCN)cc2F)CC1. The van der Waals surface area contributed by atoms with E-state index in [4.69, 9.17) is 10.5 Å². The van der Waals surface area contributed by atoms with Crippen LogP contribution in [0.5, 0.6) is 5.75 Å². The Hall–Kier alpha value is -1.09. The molecule has 0 spiro atoms. The van der Waals surface area contributed by atoms with Crippen molar-refractivity contribution in [2.24, 2.45) is 11.7 Å². The van der Waals surface area contributed by atoms with E-state index in [-0.39, 0.29) is 11.9 Å². The van der Waals surface area contributed by atoms with Gasteiger partial charge in [0.05, 0.1) is 6.10 Å². The topological polar surface area (TPSA) is 35.2 Å². The third-order valence-electron chi connectivity index (χ3n) is 4.09. The van der Waals surface area contributed by atoms with Crippen molar-refractivity contribution in [2.75, 3.05) is 6.54 Å². The van der Waals surface area contributed by atoms with Gasteiger partial charge in [0.2, 0.25) is 0 Å². The summed E-state index contributed by atoms with van der Waals surface area (Å²) in [6, 6.07) is 5.19. The first-order chi connectivity index (χ1) is 9.22. The molecule has 0 aliphatic heterocycles. The number of nitrogens with two attached hydrogens (primary N) is 1. The van der Waals surface area contributed by atoms with Crippen LogP contribution in [0.3, 0.4) is 0 Å². The van der Waals surface area contributed by atoms with Gasteiger partial charge in [-0.25, -0.2) is 4.39 Å². The fourth-order valence-corrected chi connectivity index (χ4v) is 2.80. The lowest BCUT2D eigenvalue weighted by molar-refractivity contribution is 0.125. The molecule has 0 saturated heterocycles. The Kier molecular flexibility index (Phi) is 5.20. The molecule has 2 nitrogen and oxygen atoms in total. The van der Waals surface area contributed by atoms with E-state index in [2.05, 4.69) is 6.92 Å². The minimum absolute atomic E-state index is 0.178. The summed E-state index contributed by atoms with van der Waals surface area (Å²) >= 11 is 0. The molecule has 1 fully saturated rings. The maximum absolute atomic E-state index is 13.9. The molecule has 0 heterocycles. The normalized spacial score (nSPS) is 23.3. The van der Waals surface area contributed by atoms with Gasteiger partial charge in [0.15, 0.2) is 11.6 Å². The molecule has 1 aliphatic carbocycles. The molecule has 0 amide bonds. The van der Waals surface area contributed by atoms with Gasteiger partial charge < -0.3 is 10.5 Å². The number of ether oxygens (including phenoxy) is 1. The summed E-state index contributed by atoms with van der Waals surface area (Å²) in [5.74, 6) is 0.959. The quantitative estimate of drug-likeness (QED) is 0.881. The highest BCUT2D eigenvalue weighted by Crippen LogP contribution is 2.30. The molecule has 3 heteroatoms. The summed E-state index contributed by atoms with van der Waals surface area (Å²) in [4.78, 5) is 0. The average molecular weight is 265 g/mol. The fourth-order valence-electron chi connectivity index (χ4n) is 2.80. The van der Waals surface area contributed by atoms with Crippen LogP contribution >= 0.6 is 0 Å². The van der Waals surface area contributed by atoms with Gasteiger partial charge in [-0.05, 0) is 62.3 Å². The standard InChI is InChI=1S/C16H24FNO/c1-2-12-3-6-14(7-4-12)19-16-8-5-13(9-10-18)11-15(16)17/h5,8,11-12,14H,2-4,6-7,9-10,18H2,1H3. The summed E-state index contributed by atoms with van der Waals surface area (Å²) in [5, 5.41) is 0. The second-order valence-electron chi connectivity index (χ2n) is 5.47. The van der Waals surface area contributed by atoms with Gasteiger partial charge in [-0.15, -0.1) is 0 Å². The van der Waals surface area contributed by atoms with Gasteiger partial charge in [-0.2, -0.15) is 0 Å². The van der Waals surface area contributed by atoms with Crippen LogP contribution in [0.25, 0.3) is 0 Å². The van der Waals surface area contributed by atoms with Crippen LogP contribution in [-0.4, -0.2) is 12.6 Å². The summed E-state index contributed by atoms with van der Waals surface area (Å²) in [5.41, 5.74) is 6.40. The minimum atomic E-state index is -0.261. The van der Waals surface area contributed by atoms with Crippen LogP contribution in [0, 0.1) is 11.7 Å². The number of benzene rings is 1. The first-order valence-corrected chi connectivity index (χ1v) is 7.38. The maximum atomic E-state index is 13.9. The first-order valence-electron chi connectivity index (χ1n) is 7.38. The molecule has 0 aromatic heterocycles. The van der Waals surface area contributed by atoms with Crippen LogP contribution in [0.15, 0.2) is 18.2 Å². The highest BCUT2D eigenvalue weighted by atomic mass is 19.1. The van der Waals surface area contributed by atoms with Gasteiger partial charge in [0.25, 0.3) is 0 Å². The molecule has 2 rings (SSSR count). The molecule has 0 atom stereocenters. The Morgan fingerprint density at radius 3 is 2.58 bits per heavy atom. The molecule has 0 radical (unpaired) electrons. The van der Waals surface area contributed by atoms with Gasteiger partial charge in [-0.1, -0.05) is 19.4 Å². The largest absolute Gasteiger partial charge is 0.487 e. The Labute approximate surface area is 115 Å². The van der Waals surface area contributed by atoms with Crippen LogP contribution in [0.1, 0.15) is 44.6 Å². The monoisotopic (exact) mass is 265 g/mol. The van der Waals surface area contributed by atoms with Crippen LogP contribution in [-0.2, 0) is 6.42 Å². The van der Waals surface area contributed by atoms with Crippen molar-refractivity contribution >= 4 is 0 Å². The van der Waals surface area contributed by atoms with E-state index in [1.54, 1.807) is 12.1 Å². The van der Waals surface area contributed by atoms with Gasteiger partial charge in [0, 0.05) is 0 Å². The number of hydrogen-bond acceptors (Lipinski definition) is 2. The molecule has 106 valence electrons. The Morgan fingerprint density at radius 2 is 2.00 bits per heavy atom. The Balaban J connectivity index is 1.92. The highest BCUT2D eigenvalue weighted by molar-refractivity contribution is 5.29. The zero-order chi connectivity index (χ0) is 13.7. The van der Waals surface area contributed by atoms with Crippen LogP contribution in [0.2, 0.25) is 0 Å². The molecule has 0 bridgehead atoms. The van der Waals surface area contributed by atoms with E-state index >= 15 is 0 Å². The predicted molar refractivity (Wildman–Crippen MR) is 75.8 cm³/mol. The number of halogens is 1. The highest BCUT2D eigenvalue weighted by Gasteiger charge is 2.22. The average Bonchev–Trinajstić information content (AvgIpc) is 2.43. The van der Waals surface area contributed by atoms with E-state index in [1.807, 2.05) is 6.07 Å². The number of rotatable bonds is 5. The van der Waals surface area contributed by atoms with E-state index in [0.29, 0.717) is 18.7 Å². The van der Waals surface area contributed by atoms with Crippen LogP contribution < -0.4 is 10.5 Å². The summed E-state index contributed by atoms with van der Waals surface area (Å²) in [7, 11) is 0. The maximum Gasteiger partial charge on any atom is 0.165 e. The van der Waals surface area contributed by atoms with E-state index in [0.717, 1.165) is 24.3 Å². The molecular weight excluding hydrogens is 241 g/mol. The second kappa shape index (κ2) is 6.90. The van der Waals surface area contributed by atoms with E-state index in [9.17, 15) is 4.39 Å². The lowest BCUT2D eigenvalue weighted by Gasteiger charge is -2.28. The van der Waals surface area contributed by atoms with E-state index < -0.39 is 0 Å². The number of hydrogen-bond donors (Lipinski definition) is 1. The molecule has 2 N–H and O–H groups in total. The molecule has 1 aliphatic rings. The fraction of sp³-hybridized carbons (Fsp3) is 0.625. The summed E-state index contributed by atoms with van der Waals surface area (Å²) < 4.78 is 19.7. The molecule has 1 aromatic carbocycles. The Morgan fingerprint density at radius 1 is 1.26 bits per heavy atom. The molecule has 1 aromatic rings. The Bertz CT molecular complexity index is 400. The van der Waals surface area contributed by atoms with Crippen molar-refractivity contribution in [3.8, 4) is 5.75 Å². The zero-order valence-corrected chi connectivity index (χ0v) is 11.7. The van der Waals surface area contributed by atoms with Crippen molar-refractivity contribution in [3.05, 3.63) is 29.6 Å². The zero-order valence-electron chi connectivity index (χ0n) is 11.7. The van der Waals surface area contributed by atoms with Gasteiger partial charge in [-0.3, -0.25) is 0 Å². The molecule has 19 heavy (non-hydrogen) atoms. The summed E-state index contributed by atoms with van der Waals surface area (Å²) in [6.45, 7) is 2.78. The second-order valence-corrected chi connectivity index (χ2v) is 5.47. The first kappa shape index (κ1) is 14.3.